The second-order valence-electron chi connectivity index (χ2n) is 6.51. The van der Waals surface area contributed by atoms with Crippen molar-refractivity contribution < 1.29 is 4.74 Å². The van der Waals surface area contributed by atoms with E-state index in [9.17, 15) is 0 Å². The average Bonchev–Trinajstić information content (AvgIpc) is 2.70. The molecule has 1 aromatic carbocycles. The van der Waals surface area contributed by atoms with Crippen LogP contribution >= 0.6 is 0 Å². The van der Waals surface area contributed by atoms with Crippen molar-refractivity contribution in [1.29, 1.82) is 0 Å². The van der Waals surface area contributed by atoms with Crippen LogP contribution in [0, 0.1) is 0 Å². The van der Waals surface area contributed by atoms with Crippen LogP contribution in [-0.2, 0) is 6.42 Å². The fraction of sp³-hybridized carbons (Fsp3) is 0.667. The largest absolute Gasteiger partial charge is 0.497 e. The lowest BCUT2D eigenvalue weighted by Gasteiger charge is -2.37. The highest BCUT2D eigenvalue weighted by Crippen LogP contribution is 2.37. The molecule has 116 valence electrons. The molecule has 0 bridgehead atoms. The Bertz CT molecular complexity index is 488. The predicted octanol–water partition coefficient (Wildman–Crippen LogP) is 3.27. The molecule has 3 nitrogen and oxygen atoms in total. The molecule has 2 N–H and O–H groups in total. The second-order valence-corrected chi connectivity index (χ2v) is 6.51. The molecule has 3 unspecified atom stereocenters. The molecular formula is C18H28N2O. The number of methoxy groups -OCH3 is 1. The van der Waals surface area contributed by atoms with Gasteiger partial charge in [0.15, 0.2) is 0 Å². The molecule has 3 atom stereocenters. The lowest BCUT2D eigenvalue weighted by atomic mass is 10.0. The van der Waals surface area contributed by atoms with Gasteiger partial charge in [-0.3, -0.25) is 4.90 Å². The number of benzene rings is 1. The Balaban J connectivity index is 1.83. The molecule has 3 rings (SSSR count). The topological polar surface area (TPSA) is 38.5 Å². The van der Waals surface area contributed by atoms with Crippen molar-refractivity contribution in [2.24, 2.45) is 5.73 Å². The Labute approximate surface area is 128 Å². The summed E-state index contributed by atoms with van der Waals surface area (Å²) in [6.45, 7) is 3.53. The summed E-state index contributed by atoms with van der Waals surface area (Å²) in [6, 6.07) is 7.70. The highest BCUT2D eigenvalue weighted by molar-refractivity contribution is 5.42. The Morgan fingerprint density at radius 1 is 1.29 bits per heavy atom. The van der Waals surface area contributed by atoms with E-state index in [0.717, 1.165) is 12.2 Å². The van der Waals surface area contributed by atoms with Crippen LogP contribution in [0.5, 0.6) is 5.75 Å². The first-order valence-electron chi connectivity index (χ1n) is 8.42. The third kappa shape index (κ3) is 2.82. The van der Waals surface area contributed by atoms with Crippen molar-refractivity contribution in [3.8, 4) is 5.75 Å². The minimum absolute atomic E-state index is 0.127. The Hall–Kier alpha value is -1.06. The second kappa shape index (κ2) is 6.37. The molecule has 2 aliphatic rings. The van der Waals surface area contributed by atoms with Gasteiger partial charge in [0.25, 0.3) is 0 Å². The van der Waals surface area contributed by atoms with Crippen LogP contribution in [0.25, 0.3) is 0 Å². The quantitative estimate of drug-likeness (QED) is 0.927. The number of ether oxygens (including phenoxy) is 1. The molecule has 0 radical (unpaired) electrons. The van der Waals surface area contributed by atoms with Gasteiger partial charge in [0.2, 0.25) is 0 Å². The van der Waals surface area contributed by atoms with E-state index < -0.39 is 0 Å². The van der Waals surface area contributed by atoms with Crippen LogP contribution in [0.2, 0.25) is 0 Å². The van der Waals surface area contributed by atoms with Crippen molar-refractivity contribution in [3.05, 3.63) is 29.3 Å². The highest BCUT2D eigenvalue weighted by atomic mass is 16.5. The lowest BCUT2D eigenvalue weighted by Crippen LogP contribution is -2.46. The van der Waals surface area contributed by atoms with Gasteiger partial charge >= 0.3 is 0 Å². The number of nitrogens with two attached hydrogens (primary N) is 1. The maximum atomic E-state index is 6.62. The summed E-state index contributed by atoms with van der Waals surface area (Å²) in [4.78, 5) is 2.71. The first kappa shape index (κ1) is 14.9. The van der Waals surface area contributed by atoms with Gasteiger partial charge in [-0.15, -0.1) is 0 Å². The van der Waals surface area contributed by atoms with Crippen molar-refractivity contribution >= 4 is 0 Å². The van der Waals surface area contributed by atoms with Gasteiger partial charge in [0.05, 0.1) is 7.11 Å². The summed E-state index contributed by atoms with van der Waals surface area (Å²) >= 11 is 0. The summed E-state index contributed by atoms with van der Waals surface area (Å²) in [5, 5.41) is 0. The monoisotopic (exact) mass is 288 g/mol. The van der Waals surface area contributed by atoms with Gasteiger partial charge in [-0.2, -0.15) is 0 Å². The van der Waals surface area contributed by atoms with Crippen LogP contribution < -0.4 is 10.5 Å². The molecule has 0 spiro atoms. The molecule has 0 amide bonds. The van der Waals surface area contributed by atoms with E-state index in [1.165, 1.54) is 49.8 Å². The van der Waals surface area contributed by atoms with E-state index in [0.29, 0.717) is 12.1 Å². The molecule has 21 heavy (non-hydrogen) atoms. The number of likely N-dealkylation sites (tertiary alicyclic amines) is 1. The molecule has 1 aliphatic carbocycles. The van der Waals surface area contributed by atoms with Gasteiger partial charge in [-0.05, 0) is 55.5 Å². The molecule has 1 heterocycles. The fourth-order valence-corrected chi connectivity index (χ4v) is 4.15. The average molecular weight is 288 g/mol. The number of fused-ring (bicyclic) bond motifs is 1. The first-order valence-corrected chi connectivity index (χ1v) is 8.42. The Kier molecular flexibility index (Phi) is 4.51. The van der Waals surface area contributed by atoms with Crippen LogP contribution in [0.4, 0.5) is 0 Å². The van der Waals surface area contributed by atoms with Gasteiger partial charge < -0.3 is 10.5 Å². The van der Waals surface area contributed by atoms with E-state index in [1.807, 2.05) is 0 Å². The third-order valence-electron chi connectivity index (χ3n) is 5.38. The van der Waals surface area contributed by atoms with Crippen molar-refractivity contribution in [2.75, 3.05) is 13.7 Å². The van der Waals surface area contributed by atoms with Crippen molar-refractivity contribution in [2.45, 2.75) is 63.6 Å². The first-order chi connectivity index (χ1) is 10.2. The zero-order valence-electron chi connectivity index (χ0n) is 13.3. The van der Waals surface area contributed by atoms with E-state index in [4.69, 9.17) is 10.5 Å². The van der Waals surface area contributed by atoms with Crippen LogP contribution in [0.3, 0.4) is 0 Å². The maximum Gasteiger partial charge on any atom is 0.119 e. The molecule has 1 aromatic rings. The third-order valence-corrected chi connectivity index (χ3v) is 5.38. The van der Waals surface area contributed by atoms with Crippen molar-refractivity contribution in [1.82, 2.24) is 4.90 Å². The zero-order chi connectivity index (χ0) is 14.8. The molecule has 0 saturated carbocycles. The van der Waals surface area contributed by atoms with Crippen LogP contribution in [0.1, 0.15) is 56.2 Å². The standard InChI is InChI=1S/C18H28N2O/c1-3-14-7-5-4-6-10-20(14)17-11-13-8-9-15(21-2)12-16(13)18(17)19/h8-9,12,14,17-18H,3-7,10-11,19H2,1-2H3. The number of rotatable bonds is 3. The lowest BCUT2D eigenvalue weighted by molar-refractivity contribution is 0.120. The summed E-state index contributed by atoms with van der Waals surface area (Å²) in [7, 11) is 1.72. The Morgan fingerprint density at radius 2 is 2.14 bits per heavy atom. The minimum atomic E-state index is 0.127. The summed E-state index contributed by atoms with van der Waals surface area (Å²) in [5.74, 6) is 0.924. The van der Waals surface area contributed by atoms with Gasteiger partial charge in [-0.25, -0.2) is 0 Å². The van der Waals surface area contributed by atoms with E-state index in [1.54, 1.807) is 7.11 Å². The summed E-state index contributed by atoms with van der Waals surface area (Å²) < 4.78 is 5.36. The smallest absolute Gasteiger partial charge is 0.119 e. The van der Waals surface area contributed by atoms with Crippen LogP contribution in [0.15, 0.2) is 18.2 Å². The SMILES string of the molecule is CCC1CCCCCN1C1Cc2ccc(OC)cc2C1N. The Morgan fingerprint density at radius 3 is 2.90 bits per heavy atom. The van der Waals surface area contributed by atoms with E-state index in [-0.39, 0.29) is 6.04 Å². The zero-order valence-corrected chi connectivity index (χ0v) is 13.3. The molecule has 1 fully saturated rings. The van der Waals surface area contributed by atoms with Gasteiger partial charge in [-0.1, -0.05) is 25.8 Å². The molecule has 1 aliphatic heterocycles. The summed E-state index contributed by atoms with van der Waals surface area (Å²) in [6.07, 6.45) is 7.73. The number of hydrogen-bond donors (Lipinski definition) is 1. The van der Waals surface area contributed by atoms with Crippen LogP contribution in [-0.4, -0.2) is 30.6 Å². The fourth-order valence-electron chi connectivity index (χ4n) is 4.15. The predicted molar refractivity (Wildman–Crippen MR) is 86.7 cm³/mol. The normalized spacial score (nSPS) is 30.0. The summed E-state index contributed by atoms with van der Waals surface area (Å²) in [5.41, 5.74) is 9.32. The molecule has 1 saturated heterocycles. The number of nitrogens with zero attached hydrogens (tertiary/aromatic N) is 1. The molecule has 3 heteroatoms. The van der Waals surface area contributed by atoms with E-state index in [2.05, 4.69) is 30.0 Å². The van der Waals surface area contributed by atoms with Gasteiger partial charge in [0, 0.05) is 18.1 Å². The highest BCUT2D eigenvalue weighted by Gasteiger charge is 2.37. The molecule has 0 aromatic heterocycles. The maximum absolute atomic E-state index is 6.62. The van der Waals surface area contributed by atoms with Gasteiger partial charge in [0.1, 0.15) is 5.75 Å². The van der Waals surface area contributed by atoms with Crippen molar-refractivity contribution in [3.63, 3.8) is 0 Å². The van der Waals surface area contributed by atoms with E-state index >= 15 is 0 Å². The molecular weight excluding hydrogens is 260 g/mol. The number of hydrogen-bond acceptors (Lipinski definition) is 3. The minimum Gasteiger partial charge on any atom is -0.497 e.